The standard InChI is InChI=1S/C14H19N3O/c1-4-5-6-14(18)16-11-7-8-13-12(9-11)15-10(2)17(13)3/h7-9H,4-6H2,1-3H3,(H,16,18). The number of benzene rings is 1. The van der Waals surface area contributed by atoms with Gasteiger partial charge in [-0.05, 0) is 31.5 Å². The van der Waals surface area contributed by atoms with E-state index < -0.39 is 0 Å². The molecule has 0 unspecified atom stereocenters. The quantitative estimate of drug-likeness (QED) is 0.900. The van der Waals surface area contributed by atoms with Gasteiger partial charge in [0.1, 0.15) is 5.82 Å². The van der Waals surface area contributed by atoms with Crippen molar-refractivity contribution in [3.8, 4) is 0 Å². The van der Waals surface area contributed by atoms with Gasteiger partial charge in [0.2, 0.25) is 5.91 Å². The highest BCUT2D eigenvalue weighted by atomic mass is 16.1. The molecule has 0 atom stereocenters. The van der Waals surface area contributed by atoms with Gasteiger partial charge >= 0.3 is 0 Å². The minimum absolute atomic E-state index is 0.0730. The van der Waals surface area contributed by atoms with Gasteiger partial charge in [-0.1, -0.05) is 13.3 Å². The number of rotatable bonds is 4. The molecule has 0 aliphatic heterocycles. The van der Waals surface area contributed by atoms with E-state index in [1.54, 1.807) is 0 Å². The molecule has 18 heavy (non-hydrogen) atoms. The third kappa shape index (κ3) is 2.53. The molecule has 0 fully saturated rings. The Morgan fingerprint density at radius 1 is 1.44 bits per heavy atom. The lowest BCUT2D eigenvalue weighted by Gasteiger charge is -2.04. The van der Waals surface area contributed by atoms with Crippen LogP contribution in [0.2, 0.25) is 0 Å². The fraction of sp³-hybridized carbons (Fsp3) is 0.429. The zero-order chi connectivity index (χ0) is 13.1. The summed E-state index contributed by atoms with van der Waals surface area (Å²) in [7, 11) is 1.99. The minimum Gasteiger partial charge on any atom is -0.331 e. The maximum atomic E-state index is 11.6. The highest BCUT2D eigenvalue weighted by molar-refractivity contribution is 5.93. The SMILES string of the molecule is CCCCC(=O)Nc1ccc2c(c1)nc(C)n2C. The number of anilines is 1. The van der Waals surface area contributed by atoms with Crippen LogP contribution in [0.3, 0.4) is 0 Å². The third-order valence-corrected chi connectivity index (χ3v) is 3.15. The van der Waals surface area contributed by atoms with Crippen LogP contribution < -0.4 is 5.32 Å². The second-order valence-corrected chi connectivity index (χ2v) is 4.57. The van der Waals surface area contributed by atoms with Gasteiger partial charge in [0.25, 0.3) is 0 Å². The van der Waals surface area contributed by atoms with Crippen molar-refractivity contribution in [1.29, 1.82) is 0 Å². The first kappa shape index (κ1) is 12.6. The van der Waals surface area contributed by atoms with E-state index in [2.05, 4.69) is 17.2 Å². The number of aryl methyl sites for hydroxylation is 2. The van der Waals surface area contributed by atoms with Gasteiger partial charge < -0.3 is 9.88 Å². The number of nitrogens with one attached hydrogen (secondary N) is 1. The smallest absolute Gasteiger partial charge is 0.224 e. The summed E-state index contributed by atoms with van der Waals surface area (Å²) >= 11 is 0. The molecule has 0 aliphatic rings. The molecule has 4 heteroatoms. The Labute approximate surface area is 107 Å². The average molecular weight is 245 g/mol. The van der Waals surface area contributed by atoms with Gasteiger partial charge in [-0.15, -0.1) is 0 Å². The number of amides is 1. The Morgan fingerprint density at radius 3 is 2.94 bits per heavy atom. The second kappa shape index (κ2) is 5.21. The van der Waals surface area contributed by atoms with E-state index in [-0.39, 0.29) is 5.91 Å². The second-order valence-electron chi connectivity index (χ2n) is 4.57. The van der Waals surface area contributed by atoms with Gasteiger partial charge in [-0.2, -0.15) is 0 Å². The van der Waals surface area contributed by atoms with Crippen LogP contribution in [0.5, 0.6) is 0 Å². The van der Waals surface area contributed by atoms with Crippen LogP contribution >= 0.6 is 0 Å². The number of hydrogen-bond acceptors (Lipinski definition) is 2. The van der Waals surface area contributed by atoms with Crippen LogP contribution in [0.25, 0.3) is 11.0 Å². The van der Waals surface area contributed by atoms with E-state index in [1.165, 1.54) is 0 Å². The first-order valence-electron chi connectivity index (χ1n) is 6.34. The fourth-order valence-electron chi connectivity index (χ4n) is 1.96. The lowest BCUT2D eigenvalue weighted by Crippen LogP contribution is -2.10. The lowest BCUT2D eigenvalue weighted by atomic mass is 10.2. The van der Waals surface area contributed by atoms with E-state index in [0.717, 1.165) is 35.4 Å². The molecule has 1 N–H and O–H groups in total. The van der Waals surface area contributed by atoms with Crippen molar-refractivity contribution >= 4 is 22.6 Å². The Kier molecular flexibility index (Phi) is 3.65. The summed E-state index contributed by atoms with van der Waals surface area (Å²) in [6.07, 6.45) is 2.54. The predicted octanol–water partition coefficient (Wildman–Crippen LogP) is 3.01. The van der Waals surface area contributed by atoms with Gasteiger partial charge in [0, 0.05) is 19.2 Å². The molecule has 1 aromatic carbocycles. The number of unbranched alkanes of at least 4 members (excludes halogenated alkanes) is 1. The highest BCUT2D eigenvalue weighted by Gasteiger charge is 2.06. The molecule has 1 amide bonds. The number of aromatic nitrogens is 2. The molecule has 2 aromatic rings. The summed E-state index contributed by atoms with van der Waals surface area (Å²) < 4.78 is 2.04. The van der Waals surface area contributed by atoms with Crippen molar-refractivity contribution in [2.45, 2.75) is 33.1 Å². The molecule has 2 rings (SSSR count). The van der Waals surface area contributed by atoms with E-state index in [0.29, 0.717) is 6.42 Å². The third-order valence-electron chi connectivity index (χ3n) is 3.15. The predicted molar refractivity (Wildman–Crippen MR) is 73.6 cm³/mol. The topological polar surface area (TPSA) is 46.9 Å². The first-order valence-corrected chi connectivity index (χ1v) is 6.34. The summed E-state index contributed by atoms with van der Waals surface area (Å²) in [6.45, 7) is 4.05. The molecule has 0 spiro atoms. The van der Waals surface area contributed by atoms with E-state index in [1.807, 2.05) is 36.7 Å². The molecule has 0 bridgehead atoms. The van der Waals surface area contributed by atoms with Crippen LogP contribution in [0.4, 0.5) is 5.69 Å². The van der Waals surface area contributed by atoms with Crippen molar-refractivity contribution in [2.24, 2.45) is 7.05 Å². The zero-order valence-corrected chi connectivity index (χ0v) is 11.2. The molecule has 4 nitrogen and oxygen atoms in total. The molecule has 96 valence electrons. The molecule has 0 aliphatic carbocycles. The molecule has 0 saturated heterocycles. The molecule has 1 heterocycles. The zero-order valence-electron chi connectivity index (χ0n) is 11.2. The van der Waals surface area contributed by atoms with Gasteiger partial charge in [-0.25, -0.2) is 4.98 Å². The summed E-state index contributed by atoms with van der Waals surface area (Å²) in [6, 6.07) is 5.84. The van der Waals surface area contributed by atoms with Crippen molar-refractivity contribution in [3.63, 3.8) is 0 Å². The monoisotopic (exact) mass is 245 g/mol. The fourth-order valence-corrected chi connectivity index (χ4v) is 1.96. The maximum absolute atomic E-state index is 11.6. The van der Waals surface area contributed by atoms with Crippen molar-refractivity contribution in [1.82, 2.24) is 9.55 Å². The van der Waals surface area contributed by atoms with E-state index in [9.17, 15) is 4.79 Å². The molecular weight excluding hydrogens is 226 g/mol. The Hall–Kier alpha value is -1.84. The van der Waals surface area contributed by atoms with Crippen LogP contribution in [0, 0.1) is 6.92 Å². The van der Waals surface area contributed by atoms with Crippen molar-refractivity contribution < 1.29 is 4.79 Å². The summed E-state index contributed by atoms with van der Waals surface area (Å²) in [5.74, 6) is 1.04. The summed E-state index contributed by atoms with van der Waals surface area (Å²) in [4.78, 5) is 16.1. The highest BCUT2D eigenvalue weighted by Crippen LogP contribution is 2.19. The largest absolute Gasteiger partial charge is 0.331 e. The van der Waals surface area contributed by atoms with Crippen LogP contribution in [0.15, 0.2) is 18.2 Å². The molecular formula is C14H19N3O. The van der Waals surface area contributed by atoms with E-state index >= 15 is 0 Å². The van der Waals surface area contributed by atoms with E-state index in [4.69, 9.17) is 0 Å². The number of carbonyl (C=O) groups is 1. The summed E-state index contributed by atoms with van der Waals surface area (Å²) in [5, 5.41) is 2.91. The maximum Gasteiger partial charge on any atom is 0.224 e. The van der Waals surface area contributed by atoms with Crippen molar-refractivity contribution in [3.05, 3.63) is 24.0 Å². The normalized spacial score (nSPS) is 10.8. The number of nitrogens with zero attached hydrogens (tertiary/aromatic N) is 2. The van der Waals surface area contributed by atoms with Crippen LogP contribution in [-0.4, -0.2) is 15.5 Å². The first-order chi connectivity index (χ1) is 8.61. The molecule has 0 saturated carbocycles. The molecule has 1 aromatic heterocycles. The number of hydrogen-bond donors (Lipinski definition) is 1. The summed E-state index contributed by atoms with van der Waals surface area (Å²) in [5.41, 5.74) is 2.82. The van der Waals surface area contributed by atoms with Crippen LogP contribution in [-0.2, 0) is 11.8 Å². The lowest BCUT2D eigenvalue weighted by molar-refractivity contribution is -0.116. The average Bonchev–Trinajstić information content (AvgIpc) is 2.62. The van der Waals surface area contributed by atoms with Gasteiger partial charge in [0.15, 0.2) is 0 Å². The Bertz CT molecular complexity index is 572. The van der Waals surface area contributed by atoms with Gasteiger partial charge in [-0.3, -0.25) is 4.79 Å². The molecule has 0 radical (unpaired) electrons. The minimum atomic E-state index is 0.0730. The van der Waals surface area contributed by atoms with Crippen molar-refractivity contribution in [2.75, 3.05) is 5.32 Å². The Morgan fingerprint density at radius 2 is 2.22 bits per heavy atom. The number of imidazole rings is 1. The van der Waals surface area contributed by atoms with Crippen LogP contribution in [0.1, 0.15) is 32.0 Å². The number of carbonyl (C=O) groups excluding carboxylic acids is 1. The Balaban J connectivity index is 2.17. The number of fused-ring (bicyclic) bond motifs is 1. The van der Waals surface area contributed by atoms with Gasteiger partial charge in [0.05, 0.1) is 11.0 Å².